The number of ether oxygens (including phenoxy) is 1. The Morgan fingerprint density at radius 1 is 1.18 bits per heavy atom. The minimum absolute atomic E-state index is 0.0135. The molecule has 0 unspecified atom stereocenters. The van der Waals surface area contributed by atoms with Crippen molar-refractivity contribution < 1.29 is 31.9 Å². The van der Waals surface area contributed by atoms with E-state index in [9.17, 15) is 27.2 Å². The third-order valence-electron chi connectivity index (χ3n) is 5.28. The lowest BCUT2D eigenvalue weighted by atomic mass is 10.1. The second-order valence-corrected chi connectivity index (χ2v) is 7.43. The first kappa shape index (κ1) is 22.3. The summed E-state index contributed by atoms with van der Waals surface area (Å²) >= 11 is 0. The molecule has 4 rings (SSSR count). The molecule has 0 saturated heterocycles. The molecule has 0 spiro atoms. The number of fused-ring (bicyclic) bond motifs is 1. The second-order valence-electron chi connectivity index (χ2n) is 7.43. The summed E-state index contributed by atoms with van der Waals surface area (Å²) in [5.74, 6) is -2.20. The smallest absolute Gasteiger partial charge is 0.416 e. The van der Waals surface area contributed by atoms with E-state index in [0.29, 0.717) is 0 Å². The molecule has 2 heterocycles. The average molecular weight is 462 g/mol. The number of hydrogen-bond donors (Lipinski definition) is 1. The minimum Gasteiger partial charge on any atom is -0.496 e. The first-order valence-electron chi connectivity index (χ1n) is 9.82. The van der Waals surface area contributed by atoms with Gasteiger partial charge in [0.2, 0.25) is 0 Å². The molecule has 0 fully saturated rings. The van der Waals surface area contributed by atoms with Gasteiger partial charge < -0.3 is 15.0 Å². The SMILES string of the molecule is COc1cccc(F)c1C(=O)Nc1cnn2c1C(=O)N(c1ccc(C(F)(F)F)cc1)C[C@@H]2C. The molecule has 172 valence electrons. The van der Waals surface area contributed by atoms with Gasteiger partial charge in [-0.25, -0.2) is 4.39 Å². The average Bonchev–Trinajstić information content (AvgIpc) is 3.19. The van der Waals surface area contributed by atoms with Crippen molar-refractivity contribution in [2.45, 2.75) is 19.1 Å². The molecular weight excluding hydrogens is 444 g/mol. The Labute approximate surface area is 185 Å². The number of hydrogen-bond acceptors (Lipinski definition) is 4. The van der Waals surface area contributed by atoms with Crippen LogP contribution in [0.5, 0.6) is 5.75 Å². The summed E-state index contributed by atoms with van der Waals surface area (Å²) in [5, 5.41) is 6.65. The van der Waals surface area contributed by atoms with Crippen molar-refractivity contribution in [3.63, 3.8) is 0 Å². The summed E-state index contributed by atoms with van der Waals surface area (Å²) < 4.78 is 59.4. The van der Waals surface area contributed by atoms with E-state index in [-0.39, 0.29) is 41.0 Å². The minimum atomic E-state index is -4.50. The van der Waals surface area contributed by atoms with Crippen LogP contribution in [0.3, 0.4) is 0 Å². The van der Waals surface area contributed by atoms with Crippen LogP contribution in [-0.2, 0) is 6.18 Å². The van der Waals surface area contributed by atoms with Gasteiger partial charge in [0.1, 0.15) is 17.1 Å². The number of halogens is 4. The highest BCUT2D eigenvalue weighted by molar-refractivity contribution is 6.13. The van der Waals surface area contributed by atoms with Crippen molar-refractivity contribution in [3.05, 3.63) is 71.3 Å². The van der Waals surface area contributed by atoms with E-state index in [1.54, 1.807) is 6.92 Å². The molecule has 3 aromatic rings. The van der Waals surface area contributed by atoms with E-state index in [1.165, 1.54) is 47.2 Å². The largest absolute Gasteiger partial charge is 0.496 e. The fourth-order valence-corrected chi connectivity index (χ4v) is 3.69. The van der Waals surface area contributed by atoms with Gasteiger partial charge in [0.15, 0.2) is 5.69 Å². The number of benzene rings is 2. The fourth-order valence-electron chi connectivity index (χ4n) is 3.69. The Bertz CT molecular complexity index is 1220. The van der Waals surface area contributed by atoms with E-state index in [0.717, 1.165) is 18.2 Å². The molecule has 0 aliphatic carbocycles. The lowest BCUT2D eigenvalue weighted by Crippen LogP contribution is -2.43. The van der Waals surface area contributed by atoms with Gasteiger partial charge in [-0.3, -0.25) is 14.3 Å². The Balaban J connectivity index is 1.66. The topological polar surface area (TPSA) is 76.5 Å². The molecule has 1 atom stereocenters. The van der Waals surface area contributed by atoms with Crippen molar-refractivity contribution in [3.8, 4) is 5.75 Å². The van der Waals surface area contributed by atoms with Gasteiger partial charge in [0.05, 0.1) is 30.6 Å². The predicted molar refractivity (Wildman–Crippen MR) is 111 cm³/mol. The molecule has 2 amide bonds. The van der Waals surface area contributed by atoms with Gasteiger partial charge in [-0.2, -0.15) is 18.3 Å². The van der Waals surface area contributed by atoms with E-state index in [2.05, 4.69) is 10.4 Å². The summed E-state index contributed by atoms with van der Waals surface area (Å²) in [5.41, 5.74) is -0.840. The van der Waals surface area contributed by atoms with Gasteiger partial charge in [-0.1, -0.05) is 6.07 Å². The highest BCUT2D eigenvalue weighted by Crippen LogP contribution is 2.34. The second kappa shape index (κ2) is 8.23. The maximum atomic E-state index is 14.3. The Morgan fingerprint density at radius 2 is 1.88 bits per heavy atom. The van der Waals surface area contributed by atoms with Crippen molar-refractivity contribution >= 4 is 23.2 Å². The zero-order valence-electron chi connectivity index (χ0n) is 17.5. The van der Waals surface area contributed by atoms with Crippen molar-refractivity contribution in [2.24, 2.45) is 0 Å². The standard InChI is InChI=1S/C22H18F4N4O3/c1-12-11-29(14-8-6-13(7-9-14)22(24,25)26)21(32)19-16(10-27-30(12)19)28-20(31)18-15(23)4-3-5-17(18)33-2/h3-10,12H,11H2,1-2H3,(H,28,31)/t12-/m0/s1. The highest BCUT2D eigenvalue weighted by atomic mass is 19.4. The van der Waals surface area contributed by atoms with Crippen molar-refractivity contribution in [1.29, 1.82) is 0 Å². The van der Waals surface area contributed by atoms with Gasteiger partial charge in [0, 0.05) is 12.2 Å². The lowest BCUT2D eigenvalue weighted by molar-refractivity contribution is -0.137. The monoisotopic (exact) mass is 462 g/mol. The van der Waals surface area contributed by atoms with E-state index in [4.69, 9.17) is 4.74 Å². The molecule has 0 bridgehead atoms. The molecule has 11 heteroatoms. The van der Waals surface area contributed by atoms with Crippen LogP contribution in [-0.4, -0.2) is 35.2 Å². The van der Waals surface area contributed by atoms with Crippen LogP contribution in [0, 0.1) is 5.82 Å². The number of nitrogens with zero attached hydrogens (tertiary/aromatic N) is 3. The van der Waals surface area contributed by atoms with Crippen molar-refractivity contribution in [2.75, 3.05) is 23.9 Å². The Morgan fingerprint density at radius 3 is 2.52 bits per heavy atom. The molecule has 0 radical (unpaired) electrons. The zero-order valence-corrected chi connectivity index (χ0v) is 17.5. The van der Waals surface area contributed by atoms with Crippen LogP contribution in [0.2, 0.25) is 0 Å². The number of methoxy groups -OCH3 is 1. The van der Waals surface area contributed by atoms with Gasteiger partial charge in [-0.05, 0) is 43.3 Å². The summed E-state index contributed by atoms with van der Waals surface area (Å²) in [6, 6.07) is 7.78. The first-order chi connectivity index (χ1) is 15.6. The number of alkyl halides is 3. The lowest BCUT2D eigenvalue weighted by Gasteiger charge is -2.32. The van der Waals surface area contributed by atoms with Crippen LogP contribution in [0.25, 0.3) is 0 Å². The Hall–Kier alpha value is -3.89. The fraction of sp³-hybridized carbons (Fsp3) is 0.227. The number of anilines is 2. The number of nitrogens with one attached hydrogen (secondary N) is 1. The van der Waals surface area contributed by atoms with E-state index < -0.39 is 29.4 Å². The number of amides is 2. The molecular formula is C22H18F4N4O3. The van der Waals surface area contributed by atoms with Gasteiger partial charge in [-0.15, -0.1) is 0 Å². The first-order valence-corrected chi connectivity index (χ1v) is 9.82. The van der Waals surface area contributed by atoms with Gasteiger partial charge in [0.25, 0.3) is 11.8 Å². The van der Waals surface area contributed by atoms with Crippen LogP contribution >= 0.6 is 0 Å². The summed E-state index contributed by atoms with van der Waals surface area (Å²) in [6.45, 7) is 1.93. The molecule has 2 aromatic carbocycles. The highest BCUT2D eigenvalue weighted by Gasteiger charge is 2.35. The third kappa shape index (κ3) is 4.01. The number of rotatable bonds is 4. The van der Waals surface area contributed by atoms with Crippen LogP contribution < -0.4 is 15.0 Å². The molecule has 1 aliphatic heterocycles. The van der Waals surface area contributed by atoms with E-state index in [1.807, 2.05) is 0 Å². The molecule has 0 saturated carbocycles. The quantitative estimate of drug-likeness (QED) is 0.579. The Kier molecular flexibility index (Phi) is 5.56. The summed E-state index contributed by atoms with van der Waals surface area (Å²) in [7, 11) is 1.29. The van der Waals surface area contributed by atoms with E-state index >= 15 is 0 Å². The summed E-state index contributed by atoms with van der Waals surface area (Å²) in [4.78, 5) is 27.3. The normalized spacial score (nSPS) is 15.9. The predicted octanol–water partition coefficient (Wildman–Crippen LogP) is 4.52. The molecule has 1 N–H and O–H groups in total. The van der Waals surface area contributed by atoms with Crippen LogP contribution in [0.1, 0.15) is 39.4 Å². The number of carbonyl (C=O) groups is 2. The number of carbonyl (C=O) groups excluding carboxylic acids is 2. The molecule has 1 aromatic heterocycles. The molecule has 33 heavy (non-hydrogen) atoms. The molecule has 7 nitrogen and oxygen atoms in total. The zero-order chi connectivity index (χ0) is 23.9. The van der Waals surface area contributed by atoms with Gasteiger partial charge >= 0.3 is 6.18 Å². The van der Waals surface area contributed by atoms with Crippen molar-refractivity contribution in [1.82, 2.24) is 9.78 Å². The maximum Gasteiger partial charge on any atom is 0.416 e. The summed E-state index contributed by atoms with van der Waals surface area (Å²) in [6.07, 6.45) is -3.23. The van der Waals surface area contributed by atoms with Crippen LogP contribution in [0.15, 0.2) is 48.7 Å². The number of aromatic nitrogens is 2. The maximum absolute atomic E-state index is 14.3. The van der Waals surface area contributed by atoms with Crippen LogP contribution in [0.4, 0.5) is 28.9 Å². The molecule has 1 aliphatic rings. The third-order valence-corrected chi connectivity index (χ3v) is 5.28.